The van der Waals surface area contributed by atoms with Crippen LogP contribution >= 0.6 is 11.3 Å². The van der Waals surface area contributed by atoms with Crippen molar-refractivity contribution in [1.29, 1.82) is 0 Å². The molecule has 112 valence electrons. The van der Waals surface area contributed by atoms with Crippen molar-refractivity contribution in [2.75, 3.05) is 24.2 Å². The lowest BCUT2D eigenvalue weighted by Crippen LogP contribution is -2.38. The van der Waals surface area contributed by atoms with Crippen LogP contribution in [0.3, 0.4) is 0 Å². The Labute approximate surface area is 118 Å². The molecule has 20 heavy (non-hydrogen) atoms. The SMILES string of the molecule is Nc1nc(NC2CCC2)sc1C(=O)NCC(F)(F)CO. The van der Waals surface area contributed by atoms with E-state index >= 15 is 0 Å². The number of amides is 1. The predicted octanol–water partition coefficient (Wildman–Crippen LogP) is 1.05. The molecule has 0 unspecified atom stereocenters. The first-order chi connectivity index (χ1) is 9.41. The van der Waals surface area contributed by atoms with Crippen LogP contribution in [0.5, 0.6) is 0 Å². The van der Waals surface area contributed by atoms with Gasteiger partial charge in [0.25, 0.3) is 11.8 Å². The van der Waals surface area contributed by atoms with Crippen molar-refractivity contribution in [3.8, 4) is 0 Å². The molecule has 1 saturated carbocycles. The van der Waals surface area contributed by atoms with Gasteiger partial charge in [0.2, 0.25) is 0 Å². The van der Waals surface area contributed by atoms with Crippen LogP contribution in [-0.4, -0.2) is 41.1 Å². The van der Waals surface area contributed by atoms with Crippen molar-refractivity contribution >= 4 is 28.2 Å². The summed E-state index contributed by atoms with van der Waals surface area (Å²) in [6.07, 6.45) is 3.25. The molecule has 5 N–H and O–H groups in total. The van der Waals surface area contributed by atoms with Gasteiger partial charge in [-0.2, -0.15) is 0 Å². The topological polar surface area (TPSA) is 100 Å². The van der Waals surface area contributed by atoms with Gasteiger partial charge < -0.3 is 21.5 Å². The molecular formula is C11H16F2N4O2S. The molecule has 0 atom stereocenters. The Morgan fingerprint density at radius 2 is 2.25 bits per heavy atom. The van der Waals surface area contributed by atoms with Gasteiger partial charge in [-0.05, 0) is 19.3 Å². The molecule has 2 rings (SSSR count). The first-order valence-corrected chi connectivity index (χ1v) is 7.02. The number of halogens is 2. The number of nitrogens with two attached hydrogens (primary N) is 1. The number of hydrogen-bond donors (Lipinski definition) is 4. The molecule has 1 aromatic heterocycles. The summed E-state index contributed by atoms with van der Waals surface area (Å²) in [6.45, 7) is -2.26. The number of nitrogen functional groups attached to an aromatic ring is 1. The summed E-state index contributed by atoms with van der Waals surface area (Å²) in [5, 5.41) is 14.1. The van der Waals surface area contributed by atoms with Gasteiger partial charge >= 0.3 is 0 Å². The average molecular weight is 306 g/mol. The maximum Gasteiger partial charge on any atom is 0.287 e. The second-order valence-electron chi connectivity index (χ2n) is 4.70. The van der Waals surface area contributed by atoms with E-state index in [1.807, 2.05) is 5.32 Å². The second-order valence-corrected chi connectivity index (χ2v) is 5.70. The number of rotatable bonds is 6. The van der Waals surface area contributed by atoms with Crippen molar-refractivity contribution in [2.45, 2.75) is 31.2 Å². The Morgan fingerprint density at radius 1 is 1.55 bits per heavy atom. The van der Waals surface area contributed by atoms with E-state index in [4.69, 9.17) is 10.8 Å². The van der Waals surface area contributed by atoms with Gasteiger partial charge in [-0.1, -0.05) is 11.3 Å². The fraction of sp³-hybridized carbons (Fsp3) is 0.636. The summed E-state index contributed by atoms with van der Waals surface area (Å²) in [4.78, 5) is 15.9. The molecule has 0 bridgehead atoms. The summed E-state index contributed by atoms with van der Waals surface area (Å²) in [7, 11) is 0. The van der Waals surface area contributed by atoms with Gasteiger partial charge in [0.05, 0.1) is 6.54 Å². The van der Waals surface area contributed by atoms with Crippen LogP contribution in [0.25, 0.3) is 0 Å². The largest absolute Gasteiger partial charge is 0.390 e. The van der Waals surface area contributed by atoms with E-state index < -0.39 is 25.0 Å². The van der Waals surface area contributed by atoms with Crippen LogP contribution in [0.1, 0.15) is 28.9 Å². The van der Waals surface area contributed by atoms with Crippen LogP contribution in [0.4, 0.5) is 19.7 Å². The number of aromatic nitrogens is 1. The minimum atomic E-state index is -3.35. The second kappa shape index (κ2) is 5.88. The number of nitrogens with zero attached hydrogens (tertiary/aromatic N) is 1. The standard InChI is InChI=1S/C11H16F2N4O2S/c12-11(13,5-18)4-15-9(19)7-8(14)17-10(20-7)16-6-2-1-3-6/h6,18H,1-5,14H2,(H,15,19)(H,16,17). The van der Waals surface area contributed by atoms with Crippen molar-refractivity contribution in [1.82, 2.24) is 10.3 Å². The Morgan fingerprint density at radius 3 is 2.80 bits per heavy atom. The molecule has 0 aromatic carbocycles. The molecule has 1 heterocycles. The molecule has 1 aliphatic rings. The van der Waals surface area contributed by atoms with Crippen molar-refractivity contribution < 1.29 is 18.7 Å². The summed E-state index contributed by atoms with van der Waals surface area (Å²) >= 11 is 1.04. The Bertz CT molecular complexity index is 491. The van der Waals surface area contributed by atoms with E-state index in [1.165, 1.54) is 0 Å². The fourth-order valence-corrected chi connectivity index (χ4v) is 2.51. The summed E-state index contributed by atoms with van der Waals surface area (Å²) in [5.41, 5.74) is 5.61. The van der Waals surface area contributed by atoms with Gasteiger partial charge in [0.15, 0.2) is 5.13 Å². The zero-order valence-corrected chi connectivity index (χ0v) is 11.5. The highest BCUT2D eigenvalue weighted by atomic mass is 32.1. The van der Waals surface area contributed by atoms with E-state index in [-0.39, 0.29) is 10.7 Å². The first-order valence-electron chi connectivity index (χ1n) is 6.21. The molecule has 0 spiro atoms. The highest BCUT2D eigenvalue weighted by molar-refractivity contribution is 7.18. The van der Waals surface area contributed by atoms with Crippen LogP contribution in [-0.2, 0) is 0 Å². The molecule has 6 nitrogen and oxygen atoms in total. The highest BCUT2D eigenvalue weighted by Gasteiger charge is 2.29. The lowest BCUT2D eigenvalue weighted by Gasteiger charge is -2.25. The quantitative estimate of drug-likeness (QED) is 0.629. The molecule has 9 heteroatoms. The number of carbonyl (C=O) groups is 1. The zero-order chi connectivity index (χ0) is 14.8. The number of hydrogen-bond acceptors (Lipinski definition) is 6. The van der Waals surface area contributed by atoms with Crippen molar-refractivity contribution in [3.05, 3.63) is 4.88 Å². The van der Waals surface area contributed by atoms with Crippen LogP contribution in [0, 0.1) is 0 Å². The molecular weight excluding hydrogens is 290 g/mol. The van der Waals surface area contributed by atoms with Crippen molar-refractivity contribution in [2.24, 2.45) is 0 Å². The third kappa shape index (κ3) is 3.54. The van der Waals surface area contributed by atoms with Gasteiger partial charge in [-0.15, -0.1) is 0 Å². The van der Waals surface area contributed by atoms with Crippen LogP contribution < -0.4 is 16.4 Å². The normalized spacial score (nSPS) is 15.8. The predicted molar refractivity (Wildman–Crippen MR) is 72.2 cm³/mol. The summed E-state index contributed by atoms with van der Waals surface area (Å²) in [5.74, 6) is -4.04. The molecule has 1 fully saturated rings. The Hall–Kier alpha value is -1.48. The fourth-order valence-electron chi connectivity index (χ4n) is 1.63. The molecule has 1 aromatic rings. The maximum absolute atomic E-state index is 12.8. The van der Waals surface area contributed by atoms with Crippen LogP contribution in [0.15, 0.2) is 0 Å². The van der Waals surface area contributed by atoms with Gasteiger partial charge in [-0.3, -0.25) is 4.79 Å². The first kappa shape index (κ1) is 14.9. The smallest absolute Gasteiger partial charge is 0.287 e. The third-order valence-corrected chi connectivity index (χ3v) is 4.03. The van der Waals surface area contributed by atoms with Gasteiger partial charge in [-0.25, -0.2) is 13.8 Å². The third-order valence-electron chi connectivity index (χ3n) is 3.03. The maximum atomic E-state index is 12.8. The van der Waals surface area contributed by atoms with E-state index in [2.05, 4.69) is 10.3 Å². The monoisotopic (exact) mass is 306 g/mol. The van der Waals surface area contributed by atoms with E-state index in [0.29, 0.717) is 11.2 Å². The summed E-state index contributed by atoms with van der Waals surface area (Å²) < 4.78 is 25.7. The number of nitrogens with one attached hydrogen (secondary N) is 2. The van der Waals surface area contributed by atoms with Gasteiger partial charge in [0, 0.05) is 6.04 Å². The number of aliphatic hydroxyl groups is 1. The molecule has 0 aliphatic heterocycles. The molecule has 1 amide bonds. The van der Waals surface area contributed by atoms with E-state index in [1.54, 1.807) is 0 Å². The number of carbonyl (C=O) groups excluding carboxylic acids is 1. The van der Waals surface area contributed by atoms with Gasteiger partial charge in [0.1, 0.15) is 17.3 Å². The Balaban J connectivity index is 1.95. The van der Waals surface area contributed by atoms with E-state index in [0.717, 1.165) is 30.6 Å². The van der Waals surface area contributed by atoms with Crippen molar-refractivity contribution in [3.63, 3.8) is 0 Å². The number of thiazole rings is 1. The number of aliphatic hydroxyl groups excluding tert-OH is 1. The Kier molecular flexibility index (Phi) is 4.39. The molecule has 0 radical (unpaired) electrons. The van der Waals surface area contributed by atoms with E-state index in [9.17, 15) is 13.6 Å². The number of anilines is 2. The minimum Gasteiger partial charge on any atom is -0.390 e. The minimum absolute atomic E-state index is 0.0154. The van der Waals surface area contributed by atoms with Crippen LogP contribution in [0.2, 0.25) is 0 Å². The molecule has 0 saturated heterocycles. The lowest BCUT2D eigenvalue weighted by atomic mass is 9.93. The highest BCUT2D eigenvalue weighted by Crippen LogP contribution is 2.29. The zero-order valence-electron chi connectivity index (χ0n) is 10.7. The summed E-state index contributed by atoms with van der Waals surface area (Å²) in [6, 6.07) is 0.343. The average Bonchev–Trinajstić information content (AvgIpc) is 2.72. The molecule has 1 aliphatic carbocycles. The lowest BCUT2D eigenvalue weighted by molar-refractivity contribution is -0.0461. The number of alkyl halides is 2.